The Morgan fingerprint density at radius 2 is 2.30 bits per heavy atom. The van der Waals surface area contributed by atoms with Crippen LogP contribution in [0.5, 0.6) is 0 Å². The minimum absolute atomic E-state index is 0.152. The molecule has 122 valence electrons. The van der Waals surface area contributed by atoms with Crippen molar-refractivity contribution in [1.29, 1.82) is 0 Å². The van der Waals surface area contributed by atoms with Gasteiger partial charge in [-0.15, -0.1) is 0 Å². The number of aromatic nitrogens is 3. The van der Waals surface area contributed by atoms with Gasteiger partial charge in [-0.2, -0.15) is 0 Å². The van der Waals surface area contributed by atoms with Crippen LogP contribution in [0, 0.1) is 5.82 Å². The van der Waals surface area contributed by atoms with E-state index in [0.717, 1.165) is 12.6 Å². The summed E-state index contributed by atoms with van der Waals surface area (Å²) in [6.07, 6.45) is 3.49. The second-order valence-electron chi connectivity index (χ2n) is 5.52. The average Bonchev–Trinajstić information content (AvgIpc) is 2.58. The number of pyridine rings is 1. The van der Waals surface area contributed by atoms with Gasteiger partial charge in [-0.25, -0.2) is 9.37 Å². The molecular formula is C16H19FN4O2. The van der Waals surface area contributed by atoms with E-state index in [2.05, 4.69) is 21.8 Å². The summed E-state index contributed by atoms with van der Waals surface area (Å²) in [5.41, 5.74) is 0.382. The SMILES string of the molecule is CC[C@H]1COCCN1c1nc(-c2ccncc2F)cc(=O)n1C. The molecule has 0 aromatic carbocycles. The predicted molar refractivity (Wildman–Crippen MR) is 84.9 cm³/mol. The van der Waals surface area contributed by atoms with Gasteiger partial charge in [0.15, 0.2) is 5.82 Å². The normalized spacial score (nSPS) is 18.2. The molecule has 0 saturated carbocycles. The maximum absolute atomic E-state index is 14.0. The van der Waals surface area contributed by atoms with E-state index < -0.39 is 5.82 Å². The Morgan fingerprint density at radius 1 is 1.48 bits per heavy atom. The highest BCUT2D eigenvalue weighted by atomic mass is 19.1. The van der Waals surface area contributed by atoms with Crippen molar-refractivity contribution in [2.24, 2.45) is 7.05 Å². The zero-order valence-corrected chi connectivity index (χ0v) is 13.2. The molecule has 3 heterocycles. The van der Waals surface area contributed by atoms with Crippen LogP contribution in [0.25, 0.3) is 11.3 Å². The summed E-state index contributed by atoms with van der Waals surface area (Å²) in [5, 5.41) is 0. The van der Waals surface area contributed by atoms with E-state index in [4.69, 9.17) is 4.74 Å². The molecule has 0 unspecified atom stereocenters. The zero-order chi connectivity index (χ0) is 16.4. The molecule has 0 radical (unpaired) electrons. The van der Waals surface area contributed by atoms with Crippen LogP contribution in [-0.4, -0.2) is 40.3 Å². The Morgan fingerprint density at radius 3 is 3.04 bits per heavy atom. The van der Waals surface area contributed by atoms with Gasteiger partial charge >= 0.3 is 0 Å². The second kappa shape index (κ2) is 6.45. The molecule has 7 heteroatoms. The lowest BCUT2D eigenvalue weighted by Crippen LogP contribution is -2.47. The number of nitrogens with zero attached hydrogens (tertiary/aromatic N) is 4. The molecule has 23 heavy (non-hydrogen) atoms. The minimum atomic E-state index is -0.492. The Hall–Kier alpha value is -2.28. The van der Waals surface area contributed by atoms with Gasteiger partial charge in [-0.3, -0.25) is 14.3 Å². The van der Waals surface area contributed by atoms with Crippen molar-refractivity contribution in [3.8, 4) is 11.3 Å². The van der Waals surface area contributed by atoms with Gasteiger partial charge in [0.25, 0.3) is 5.56 Å². The summed E-state index contributed by atoms with van der Waals surface area (Å²) in [4.78, 5) is 22.7. The summed E-state index contributed by atoms with van der Waals surface area (Å²) in [6.45, 7) is 3.90. The van der Waals surface area contributed by atoms with Gasteiger partial charge < -0.3 is 9.64 Å². The van der Waals surface area contributed by atoms with Gasteiger partial charge in [-0.1, -0.05) is 6.92 Å². The number of rotatable bonds is 3. The first kappa shape index (κ1) is 15.6. The van der Waals surface area contributed by atoms with E-state index in [9.17, 15) is 9.18 Å². The largest absolute Gasteiger partial charge is 0.377 e. The van der Waals surface area contributed by atoms with Crippen LogP contribution in [0.1, 0.15) is 13.3 Å². The van der Waals surface area contributed by atoms with Crippen molar-refractivity contribution < 1.29 is 9.13 Å². The fourth-order valence-electron chi connectivity index (χ4n) is 2.76. The predicted octanol–water partition coefficient (Wildman–Crippen LogP) is 1.60. The summed E-state index contributed by atoms with van der Waals surface area (Å²) in [5.74, 6) is 0.0482. The van der Waals surface area contributed by atoms with Crippen molar-refractivity contribution in [3.63, 3.8) is 0 Å². The fourth-order valence-corrected chi connectivity index (χ4v) is 2.76. The first-order valence-electron chi connectivity index (χ1n) is 7.64. The maximum atomic E-state index is 14.0. The number of morpholine rings is 1. The molecule has 3 rings (SSSR count). The minimum Gasteiger partial charge on any atom is -0.377 e. The van der Waals surface area contributed by atoms with Crippen LogP contribution in [0.2, 0.25) is 0 Å². The van der Waals surface area contributed by atoms with Gasteiger partial charge in [0.2, 0.25) is 5.95 Å². The van der Waals surface area contributed by atoms with Gasteiger partial charge in [-0.05, 0) is 12.5 Å². The molecule has 0 N–H and O–H groups in total. The topological polar surface area (TPSA) is 60.2 Å². The van der Waals surface area contributed by atoms with Gasteiger partial charge in [0.05, 0.1) is 31.1 Å². The molecule has 1 atom stereocenters. The first-order chi connectivity index (χ1) is 11.1. The van der Waals surface area contributed by atoms with E-state index >= 15 is 0 Å². The molecule has 0 amide bonds. The molecule has 2 aromatic heterocycles. The quantitative estimate of drug-likeness (QED) is 0.860. The Balaban J connectivity index is 2.11. The summed E-state index contributed by atoms with van der Waals surface area (Å²) >= 11 is 0. The standard InChI is InChI=1S/C16H19FN4O2/c1-3-11-10-23-7-6-21(11)16-19-14(8-15(22)20(16)2)12-4-5-18-9-13(12)17/h4-5,8-9,11H,3,6-7,10H2,1-2H3/t11-/m0/s1. The number of hydrogen-bond acceptors (Lipinski definition) is 5. The lowest BCUT2D eigenvalue weighted by molar-refractivity contribution is 0.0917. The summed E-state index contributed by atoms with van der Waals surface area (Å²) in [7, 11) is 1.68. The molecule has 0 bridgehead atoms. The Kier molecular flexibility index (Phi) is 4.38. The van der Waals surface area contributed by atoms with E-state index in [0.29, 0.717) is 31.4 Å². The monoisotopic (exact) mass is 318 g/mol. The van der Waals surface area contributed by atoms with E-state index in [1.807, 2.05) is 0 Å². The molecule has 0 spiro atoms. The zero-order valence-electron chi connectivity index (χ0n) is 13.2. The van der Waals surface area contributed by atoms with Crippen LogP contribution in [-0.2, 0) is 11.8 Å². The lowest BCUT2D eigenvalue weighted by Gasteiger charge is -2.36. The Labute approximate surface area is 133 Å². The highest BCUT2D eigenvalue weighted by Gasteiger charge is 2.25. The lowest BCUT2D eigenvalue weighted by atomic mass is 10.1. The molecular weight excluding hydrogens is 299 g/mol. The Bertz CT molecular complexity index is 762. The van der Waals surface area contributed by atoms with Crippen LogP contribution >= 0.6 is 0 Å². The summed E-state index contributed by atoms with van der Waals surface area (Å²) < 4.78 is 21.0. The number of ether oxygens (including phenoxy) is 1. The van der Waals surface area contributed by atoms with E-state index in [1.165, 1.54) is 22.9 Å². The van der Waals surface area contributed by atoms with Crippen molar-refractivity contribution in [2.75, 3.05) is 24.7 Å². The van der Waals surface area contributed by atoms with Crippen LogP contribution < -0.4 is 10.5 Å². The molecule has 0 aliphatic carbocycles. The number of halogens is 1. The van der Waals surface area contributed by atoms with Crippen molar-refractivity contribution in [3.05, 3.63) is 40.7 Å². The van der Waals surface area contributed by atoms with E-state index in [1.54, 1.807) is 7.05 Å². The molecule has 1 fully saturated rings. The summed E-state index contributed by atoms with van der Waals surface area (Å²) in [6, 6.07) is 3.03. The molecule has 2 aromatic rings. The number of hydrogen-bond donors (Lipinski definition) is 0. The van der Waals surface area contributed by atoms with Gasteiger partial charge in [0.1, 0.15) is 0 Å². The third kappa shape index (κ3) is 2.96. The molecule has 1 aliphatic rings. The third-order valence-corrected chi connectivity index (χ3v) is 4.12. The molecule has 1 aliphatic heterocycles. The van der Waals surface area contributed by atoms with Crippen LogP contribution in [0.4, 0.5) is 10.3 Å². The maximum Gasteiger partial charge on any atom is 0.255 e. The second-order valence-corrected chi connectivity index (χ2v) is 5.52. The smallest absolute Gasteiger partial charge is 0.255 e. The van der Waals surface area contributed by atoms with Crippen molar-refractivity contribution in [2.45, 2.75) is 19.4 Å². The highest BCUT2D eigenvalue weighted by Crippen LogP contribution is 2.23. The molecule has 6 nitrogen and oxygen atoms in total. The highest BCUT2D eigenvalue weighted by molar-refractivity contribution is 5.60. The first-order valence-corrected chi connectivity index (χ1v) is 7.64. The average molecular weight is 318 g/mol. The van der Waals surface area contributed by atoms with Crippen LogP contribution in [0.3, 0.4) is 0 Å². The van der Waals surface area contributed by atoms with Crippen LogP contribution in [0.15, 0.2) is 29.3 Å². The number of anilines is 1. The van der Waals surface area contributed by atoms with Gasteiger partial charge in [0, 0.05) is 31.4 Å². The van der Waals surface area contributed by atoms with E-state index in [-0.39, 0.29) is 17.2 Å². The van der Waals surface area contributed by atoms with Crippen molar-refractivity contribution in [1.82, 2.24) is 14.5 Å². The third-order valence-electron chi connectivity index (χ3n) is 4.12. The van der Waals surface area contributed by atoms with Crippen molar-refractivity contribution >= 4 is 5.95 Å². The molecule has 1 saturated heterocycles. The fraction of sp³-hybridized carbons (Fsp3) is 0.438.